The van der Waals surface area contributed by atoms with Gasteiger partial charge in [-0.3, -0.25) is 9.69 Å². The lowest BCUT2D eigenvalue weighted by molar-refractivity contribution is -0.118. The van der Waals surface area contributed by atoms with Gasteiger partial charge in [-0.2, -0.15) is 0 Å². The lowest BCUT2D eigenvalue weighted by Gasteiger charge is -2.35. The van der Waals surface area contributed by atoms with E-state index >= 15 is 0 Å². The first-order chi connectivity index (χ1) is 13.3. The minimum Gasteiger partial charge on any atom is -0.351 e. The zero-order valence-electron chi connectivity index (χ0n) is 17.2. The van der Waals surface area contributed by atoms with E-state index < -0.39 is 15.7 Å². The van der Waals surface area contributed by atoms with E-state index in [4.69, 9.17) is 0 Å². The number of nitrogens with zero attached hydrogens (tertiary/aromatic N) is 1. The van der Waals surface area contributed by atoms with Gasteiger partial charge < -0.3 is 5.32 Å². The van der Waals surface area contributed by atoms with Crippen LogP contribution in [0.3, 0.4) is 0 Å². The number of amides is 1. The highest BCUT2D eigenvalue weighted by atomic mass is 32.2. The molecule has 2 fully saturated rings. The Labute approximate surface area is 169 Å². The van der Waals surface area contributed by atoms with Crippen LogP contribution in [0, 0.1) is 11.8 Å². The summed E-state index contributed by atoms with van der Waals surface area (Å²) in [5.74, 6) is 0.714. The van der Waals surface area contributed by atoms with Crippen LogP contribution in [-0.2, 0) is 27.7 Å². The van der Waals surface area contributed by atoms with E-state index in [1.54, 1.807) is 0 Å². The molecule has 1 N–H and O–H groups in total. The second kappa shape index (κ2) is 9.40. The third kappa shape index (κ3) is 6.05. The van der Waals surface area contributed by atoms with Gasteiger partial charge in [0.05, 0.1) is 5.25 Å². The molecule has 0 spiro atoms. The highest BCUT2D eigenvalue weighted by molar-refractivity contribution is 7.92. The third-order valence-corrected chi connectivity index (χ3v) is 8.16. The van der Waals surface area contributed by atoms with Crippen LogP contribution in [0.15, 0.2) is 24.3 Å². The third-order valence-electron chi connectivity index (χ3n) is 6.01. The SMILES string of the molecule is CC1CC(C)CN(Cc2ccc(CNC(=O)CS(=O)(=O)C3CCCC3)cc2)C1. The van der Waals surface area contributed by atoms with Crippen molar-refractivity contribution in [2.75, 3.05) is 18.8 Å². The molecule has 1 aromatic rings. The van der Waals surface area contributed by atoms with Gasteiger partial charge in [-0.1, -0.05) is 51.0 Å². The number of carbonyl (C=O) groups excluding carboxylic acids is 1. The van der Waals surface area contributed by atoms with Crippen molar-refractivity contribution in [2.24, 2.45) is 11.8 Å². The van der Waals surface area contributed by atoms with E-state index in [1.807, 2.05) is 12.1 Å². The molecule has 28 heavy (non-hydrogen) atoms. The number of rotatable bonds is 7. The molecule has 0 aromatic heterocycles. The Balaban J connectivity index is 1.45. The van der Waals surface area contributed by atoms with Gasteiger partial charge in [-0.25, -0.2) is 8.42 Å². The fourth-order valence-corrected chi connectivity index (χ4v) is 6.50. The summed E-state index contributed by atoms with van der Waals surface area (Å²) in [4.78, 5) is 14.6. The fraction of sp³-hybridized carbons (Fsp3) is 0.682. The molecule has 6 heteroatoms. The monoisotopic (exact) mass is 406 g/mol. The largest absolute Gasteiger partial charge is 0.351 e. The first-order valence-electron chi connectivity index (χ1n) is 10.6. The molecular weight excluding hydrogens is 372 g/mol. The lowest BCUT2D eigenvalue weighted by atomic mass is 9.91. The zero-order valence-corrected chi connectivity index (χ0v) is 18.0. The summed E-state index contributed by atoms with van der Waals surface area (Å²) in [5, 5.41) is 2.44. The van der Waals surface area contributed by atoms with Crippen LogP contribution in [0.25, 0.3) is 0 Å². The molecule has 2 atom stereocenters. The summed E-state index contributed by atoms with van der Waals surface area (Å²) in [6.07, 6.45) is 4.61. The first kappa shape index (κ1) is 21.3. The molecule has 3 rings (SSSR count). The van der Waals surface area contributed by atoms with Crippen molar-refractivity contribution < 1.29 is 13.2 Å². The number of hydrogen-bond acceptors (Lipinski definition) is 4. The molecule has 0 radical (unpaired) electrons. The van der Waals surface area contributed by atoms with Gasteiger partial charge in [0.25, 0.3) is 0 Å². The van der Waals surface area contributed by atoms with E-state index in [2.05, 4.69) is 36.2 Å². The number of hydrogen-bond donors (Lipinski definition) is 1. The lowest BCUT2D eigenvalue weighted by Crippen LogP contribution is -2.38. The van der Waals surface area contributed by atoms with Crippen LogP contribution in [0.4, 0.5) is 0 Å². The maximum absolute atomic E-state index is 12.3. The standard InChI is InChI=1S/C22H34N2O3S/c1-17-11-18(2)14-24(13-17)15-20-9-7-19(8-10-20)12-23-22(25)16-28(26,27)21-5-3-4-6-21/h7-10,17-18,21H,3-6,11-16H2,1-2H3,(H,23,25). The van der Waals surface area contributed by atoms with Crippen LogP contribution in [0.5, 0.6) is 0 Å². The van der Waals surface area contributed by atoms with Crippen molar-refractivity contribution in [3.63, 3.8) is 0 Å². The van der Waals surface area contributed by atoms with Crippen LogP contribution in [0.2, 0.25) is 0 Å². The molecule has 1 aliphatic carbocycles. The minimum atomic E-state index is -3.31. The Kier molecular flexibility index (Phi) is 7.15. The number of nitrogens with one attached hydrogen (secondary N) is 1. The zero-order chi connectivity index (χ0) is 20.1. The normalized spacial score (nSPS) is 24.4. The molecule has 2 unspecified atom stereocenters. The first-order valence-corrected chi connectivity index (χ1v) is 12.3. The number of likely N-dealkylation sites (tertiary alicyclic amines) is 1. The highest BCUT2D eigenvalue weighted by Crippen LogP contribution is 2.25. The molecule has 1 amide bonds. The number of sulfone groups is 1. The Hall–Kier alpha value is -1.40. The van der Waals surface area contributed by atoms with E-state index in [0.717, 1.165) is 49.9 Å². The average molecular weight is 407 g/mol. The summed E-state index contributed by atoms with van der Waals surface area (Å²) in [6, 6.07) is 8.27. The molecule has 5 nitrogen and oxygen atoms in total. The molecule has 1 saturated heterocycles. The number of benzene rings is 1. The van der Waals surface area contributed by atoms with E-state index in [9.17, 15) is 13.2 Å². The predicted molar refractivity (Wildman–Crippen MR) is 113 cm³/mol. The van der Waals surface area contributed by atoms with Gasteiger partial charge in [-0.05, 0) is 42.2 Å². The Morgan fingerprint density at radius 2 is 1.61 bits per heavy atom. The van der Waals surface area contributed by atoms with Crippen molar-refractivity contribution in [1.29, 1.82) is 0 Å². The molecule has 1 aromatic carbocycles. The minimum absolute atomic E-state index is 0.322. The topological polar surface area (TPSA) is 66.5 Å². The van der Waals surface area contributed by atoms with Gasteiger partial charge in [-0.15, -0.1) is 0 Å². The van der Waals surface area contributed by atoms with Gasteiger partial charge in [0.1, 0.15) is 5.75 Å². The highest BCUT2D eigenvalue weighted by Gasteiger charge is 2.30. The fourth-order valence-electron chi connectivity index (χ4n) is 4.74. The van der Waals surface area contributed by atoms with Crippen LogP contribution in [0.1, 0.15) is 57.1 Å². The van der Waals surface area contributed by atoms with Crippen molar-refractivity contribution in [3.05, 3.63) is 35.4 Å². The van der Waals surface area contributed by atoms with Gasteiger partial charge in [0.2, 0.25) is 5.91 Å². The van der Waals surface area contributed by atoms with Gasteiger partial charge in [0, 0.05) is 26.2 Å². The summed E-state index contributed by atoms with van der Waals surface area (Å²) in [7, 11) is -3.31. The van der Waals surface area contributed by atoms with Crippen LogP contribution < -0.4 is 5.32 Å². The van der Waals surface area contributed by atoms with Crippen LogP contribution >= 0.6 is 0 Å². The van der Waals surface area contributed by atoms with Crippen molar-refractivity contribution >= 4 is 15.7 Å². The Morgan fingerprint density at radius 3 is 2.21 bits per heavy atom. The van der Waals surface area contributed by atoms with Gasteiger partial charge in [0.15, 0.2) is 9.84 Å². The molecule has 1 heterocycles. The van der Waals surface area contributed by atoms with E-state index in [-0.39, 0.29) is 11.0 Å². The average Bonchev–Trinajstić information content (AvgIpc) is 3.15. The van der Waals surface area contributed by atoms with Crippen molar-refractivity contribution in [2.45, 2.75) is 64.3 Å². The second-order valence-electron chi connectivity index (χ2n) is 8.95. The maximum Gasteiger partial charge on any atom is 0.235 e. The van der Waals surface area contributed by atoms with Crippen molar-refractivity contribution in [3.8, 4) is 0 Å². The summed E-state index contributed by atoms with van der Waals surface area (Å²) < 4.78 is 24.5. The summed E-state index contributed by atoms with van der Waals surface area (Å²) >= 11 is 0. The smallest absolute Gasteiger partial charge is 0.235 e. The Bertz CT molecular complexity index is 744. The maximum atomic E-state index is 12.3. The molecule has 156 valence electrons. The van der Waals surface area contributed by atoms with Gasteiger partial charge >= 0.3 is 0 Å². The number of carbonyl (C=O) groups is 1. The quantitative estimate of drug-likeness (QED) is 0.755. The molecular formula is C22H34N2O3S. The second-order valence-corrected chi connectivity index (χ2v) is 11.2. The number of piperidine rings is 1. The Morgan fingerprint density at radius 1 is 1.04 bits per heavy atom. The van der Waals surface area contributed by atoms with Crippen molar-refractivity contribution in [1.82, 2.24) is 10.2 Å². The van der Waals surface area contributed by atoms with E-state index in [1.165, 1.54) is 12.0 Å². The summed E-state index contributed by atoms with van der Waals surface area (Å²) in [5.41, 5.74) is 2.27. The molecule has 1 saturated carbocycles. The molecule has 1 aliphatic heterocycles. The molecule has 2 aliphatic rings. The molecule has 0 bridgehead atoms. The predicted octanol–water partition coefficient (Wildman–Crippen LogP) is 3.14. The van der Waals surface area contributed by atoms with Crippen LogP contribution in [-0.4, -0.2) is 43.3 Å². The summed E-state index contributed by atoms with van der Waals surface area (Å²) in [6.45, 7) is 8.27. The van der Waals surface area contributed by atoms with E-state index in [0.29, 0.717) is 19.4 Å².